The van der Waals surface area contributed by atoms with Crippen LogP contribution in [0.25, 0.3) is 0 Å². The Morgan fingerprint density at radius 3 is 2.46 bits per heavy atom. The van der Waals surface area contributed by atoms with Crippen LogP contribution in [0.3, 0.4) is 0 Å². The van der Waals surface area contributed by atoms with Gasteiger partial charge in [0, 0.05) is 5.02 Å². The number of rotatable bonds is 6. The van der Waals surface area contributed by atoms with Gasteiger partial charge in [-0.05, 0) is 37.3 Å². The molecule has 138 valence electrons. The highest BCUT2D eigenvalue weighted by Crippen LogP contribution is 2.26. The Morgan fingerprint density at radius 2 is 1.81 bits per heavy atom. The van der Waals surface area contributed by atoms with Gasteiger partial charge in [0.1, 0.15) is 5.75 Å². The molecule has 1 atom stereocenters. The normalized spacial score (nSPS) is 11.8. The van der Waals surface area contributed by atoms with Crippen molar-refractivity contribution in [2.75, 3.05) is 5.32 Å². The predicted molar refractivity (Wildman–Crippen MR) is 93.0 cm³/mol. The second-order valence-electron chi connectivity index (χ2n) is 5.04. The van der Waals surface area contributed by atoms with Gasteiger partial charge in [0.15, 0.2) is 6.10 Å². The summed E-state index contributed by atoms with van der Waals surface area (Å²) in [5, 5.41) is 2.78. The van der Waals surface area contributed by atoms with Crippen molar-refractivity contribution < 1.29 is 27.8 Å². The summed E-state index contributed by atoms with van der Waals surface area (Å²) in [5.41, 5.74) is 0.0578. The topological polar surface area (TPSA) is 64.6 Å². The smallest absolute Gasteiger partial charge is 0.387 e. The molecule has 0 radical (unpaired) electrons. The zero-order valence-electron chi connectivity index (χ0n) is 13.3. The van der Waals surface area contributed by atoms with Gasteiger partial charge >= 0.3 is 12.6 Å². The van der Waals surface area contributed by atoms with Crippen LogP contribution in [-0.2, 0) is 9.53 Å². The van der Waals surface area contributed by atoms with Gasteiger partial charge in [0.2, 0.25) is 0 Å². The number of carbonyl (C=O) groups is 2. The highest BCUT2D eigenvalue weighted by atomic mass is 35.5. The Balaban J connectivity index is 2.05. The van der Waals surface area contributed by atoms with E-state index < -0.39 is 24.6 Å². The lowest BCUT2D eigenvalue weighted by Gasteiger charge is -2.16. The molecule has 0 aliphatic carbocycles. The van der Waals surface area contributed by atoms with E-state index in [0.29, 0.717) is 5.02 Å². The second-order valence-corrected chi connectivity index (χ2v) is 5.88. The molecule has 0 bridgehead atoms. The molecular formula is C17H13Cl2F2NO4. The van der Waals surface area contributed by atoms with Gasteiger partial charge < -0.3 is 14.8 Å². The number of hydrogen-bond acceptors (Lipinski definition) is 4. The molecule has 26 heavy (non-hydrogen) atoms. The molecule has 0 aliphatic rings. The van der Waals surface area contributed by atoms with Crippen molar-refractivity contribution in [2.24, 2.45) is 0 Å². The van der Waals surface area contributed by atoms with E-state index in [0.717, 1.165) is 0 Å². The highest BCUT2D eigenvalue weighted by molar-refractivity contribution is 6.36. The van der Waals surface area contributed by atoms with Gasteiger partial charge in [-0.25, -0.2) is 4.79 Å². The number of para-hydroxylation sites is 2. The van der Waals surface area contributed by atoms with E-state index in [9.17, 15) is 18.4 Å². The molecular weight excluding hydrogens is 391 g/mol. The summed E-state index contributed by atoms with van der Waals surface area (Å²) in [7, 11) is 0. The van der Waals surface area contributed by atoms with E-state index in [1.165, 1.54) is 49.4 Å². The fourth-order valence-corrected chi connectivity index (χ4v) is 2.42. The molecule has 0 unspecified atom stereocenters. The lowest BCUT2D eigenvalue weighted by Crippen LogP contribution is -2.30. The highest BCUT2D eigenvalue weighted by Gasteiger charge is 2.22. The molecule has 1 amide bonds. The quantitative estimate of drug-likeness (QED) is 0.704. The fraction of sp³-hybridized carbons (Fsp3) is 0.176. The van der Waals surface area contributed by atoms with Crippen LogP contribution in [0, 0.1) is 0 Å². The first-order valence-corrected chi connectivity index (χ1v) is 8.04. The summed E-state index contributed by atoms with van der Waals surface area (Å²) in [6.45, 7) is -1.72. The van der Waals surface area contributed by atoms with Crippen LogP contribution in [0.5, 0.6) is 5.75 Å². The summed E-state index contributed by atoms with van der Waals surface area (Å²) in [6.07, 6.45) is -1.21. The molecule has 0 aliphatic heterocycles. The summed E-state index contributed by atoms with van der Waals surface area (Å²) < 4.78 is 34.2. The van der Waals surface area contributed by atoms with Crippen LogP contribution < -0.4 is 10.1 Å². The molecule has 2 aromatic carbocycles. The number of nitrogens with one attached hydrogen (secondary N) is 1. The Labute approximate surface area is 157 Å². The van der Waals surface area contributed by atoms with E-state index in [-0.39, 0.29) is 22.0 Å². The molecule has 0 saturated heterocycles. The minimum Gasteiger partial charge on any atom is -0.449 e. The third-order valence-corrected chi connectivity index (χ3v) is 3.71. The fourth-order valence-electron chi connectivity index (χ4n) is 1.94. The number of amides is 1. The third-order valence-electron chi connectivity index (χ3n) is 3.17. The van der Waals surface area contributed by atoms with Crippen LogP contribution in [0.1, 0.15) is 17.3 Å². The lowest BCUT2D eigenvalue weighted by atomic mass is 10.2. The Hall–Kier alpha value is -2.38. The number of alkyl halides is 2. The minimum atomic E-state index is -3.05. The lowest BCUT2D eigenvalue weighted by molar-refractivity contribution is -0.123. The first-order valence-electron chi connectivity index (χ1n) is 7.28. The number of hydrogen-bond donors (Lipinski definition) is 1. The number of anilines is 1. The Bertz CT molecular complexity index is 817. The molecule has 5 nitrogen and oxygen atoms in total. The van der Waals surface area contributed by atoms with Gasteiger partial charge in [-0.1, -0.05) is 35.3 Å². The van der Waals surface area contributed by atoms with Crippen molar-refractivity contribution in [3.63, 3.8) is 0 Å². The van der Waals surface area contributed by atoms with Gasteiger partial charge in [0.05, 0.1) is 16.3 Å². The largest absolute Gasteiger partial charge is 0.449 e. The molecule has 0 spiro atoms. The molecule has 0 aromatic heterocycles. The van der Waals surface area contributed by atoms with E-state index in [4.69, 9.17) is 27.9 Å². The summed E-state index contributed by atoms with van der Waals surface area (Å²) >= 11 is 11.7. The summed E-state index contributed by atoms with van der Waals surface area (Å²) in [4.78, 5) is 24.3. The standard InChI is InChI=1S/C17H13Cl2F2NO4/c1-9(25-16(24)11-7-6-10(18)8-12(11)19)15(23)22-13-4-2-3-5-14(13)26-17(20)21/h2-9,17H,1H3,(H,22,23)/t9-/m1/s1. The zero-order valence-corrected chi connectivity index (χ0v) is 14.9. The Kier molecular flexibility index (Phi) is 6.76. The van der Waals surface area contributed by atoms with Gasteiger partial charge in [-0.2, -0.15) is 8.78 Å². The monoisotopic (exact) mass is 403 g/mol. The van der Waals surface area contributed by atoms with Crippen LogP contribution in [0.2, 0.25) is 10.0 Å². The summed E-state index contributed by atoms with van der Waals surface area (Å²) in [6, 6.07) is 9.82. The maximum absolute atomic E-state index is 12.4. The van der Waals surface area contributed by atoms with Crippen LogP contribution in [0.4, 0.5) is 14.5 Å². The van der Waals surface area contributed by atoms with Crippen molar-refractivity contribution in [2.45, 2.75) is 19.6 Å². The number of ether oxygens (including phenoxy) is 2. The van der Waals surface area contributed by atoms with Gasteiger partial charge in [0.25, 0.3) is 5.91 Å². The Morgan fingerprint density at radius 1 is 1.12 bits per heavy atom. The van der Waals surface area contributed by atoms with E-state index in [2.05, 4.69) is 10.1 Å². The van der Waals surface area contributed by atoms with E-state index >= 15 is 0 Å². The first-order chi connectivity index (χ1) is 12.3. The number of carbonyl (C=O) groups excluding carboxylic acids is 2. The SMILES string of the molecule is C[C@@H](OC(=O)c1ccc(Cl)cc1Cl)C(=O)Nc1ccccc1OC(F)F. The van der Waals surface area contributed by atoms with Crippen LogP contribution in [-0.4, -0.2) is 24.6 Å². The second kappa shape index (κ2) is 8.82. The van der Waals surface area contributed by atoms with Crippen molar-refractivity contribution in [3.8, 4) is 5.75 Å². The van der Waals surface area contributed by atoms with Crippen molar-refractivity contribution in [1.82, 2.24) is 0 Å². The number of halogens is 4. The number of esters is 1. The summed E-state index contributed by atoms with van der Waals surface area (Å²) in [5.74, 6) is -1.77. The predicted octanol–water partition coefficient (Wildman–Crippen LogP) is 4.78. The van der Waals surface area contributed by atoms with Gasteiger partial charge in [-0.3, -0.25) is 4.79 Å². The van der Waals surface area contributed by atoms with Crippen molar-refractivity contribution >= 4 is 40.8 Å². The van der Waals surface area contributed by atoms with Crippen LogP contribution >= 0.6 is 23.2 Å². The number of benzene rings is 2. The molecule has 9 heteroatoms. The average molecular weight is 404 g/mol. The molecule has 0 saturated carbocycles. The molecule has 2 rings (SSSR count). The molecule has 1 N–H and O–H groups in total. The van der Waals surface area contributed by atoms with Crippen molar-refractivity contribution in [1.29, 1.82) is 0 Å². The van der Waals surface area contributed by atoms with Crippen LogP contribution in [0.15, 0.2) is 42.5 Å². The first kappa shape index (κ1) is 19.9. The van der Waals surface area contributed by atoms with Gasteiger partial charge in [-0.15, -0.1) is 0 Å². The van der Waals surface area contributed by atoms with E-state index in [1.54, 1.807) is 0 Å². The minimum absolute atomic E-state index is 0.0187. The molecule has 0 fully saturated rings. The zero-order chi connectivity index (χ0) is 19.3. The molecule has 2 aromatic rings. The average Bonchev–Trinajstić information content (AvgIpc) is 2.55. The third kappa shape index (κ3) is 5.31. The molecule has 0 heterocycles. The van der Waals surface area contributed by atoms with Crippen molar-refractivity contribution in [3.05, 3.63) is 58.1 Å². The maximum atomic E-state index is 12.4. The maximum Gasteiger partial charge on any atom is 0.387 e. The van der Waals surface area contributed by atoms with E-state index in [1.807, 2.05) is 0 Å².